The van der Waals surface area contributed by atoms with Crippen molar-refractivity contribution in [1.82, 2.24) is 4.98 Å². The highest BCUT2D eigenvalue weighted by Gasteiger charge is 2.17. The molecule has 4 rings (SSSR count). The number of pyridine rings is 1. The lowest BCUT2D eigenvalue weighted by Crippen LogP contribution is -2.19. The summed E-state index contributed by atoms with van der Waals surface area (Å²) < 4.78 is 5.85. The van der Waals surface area contributed by atoms with Crippen LogP contribution in [0.25, 0.3) is 22.4 Å². The minimum absolute atomic E-state index is 0.261. The molecule has 27 heavy (non-hydrogen) atoms. The zero-order valence-electron chi connectivity index (χ0n) is 15.6. The van der Waals surface area contributed by atoms with Crippen LogP contribution in [-0.2, 0) is 0 Å². The standard InChI is InChI=1S/C23H24N2O2/c1-2-27-22-8-4-3-7-20(22)18-15-21(17-9-11-19(26)12-10-17)24-23(16-18)25-13-5-6-14-25/h3-4,7-12,15-16,26H,2,5-6,13-14H2,1H3. The van der Waals surface area contributed by atoms with E-state index in [2.05, 4.69) is 23.1 Å². The smallest absolute Gasteiger partial charge is 0.129 e. The van der Waals surface area contributed by atoms with E-state index in [1.807, 2.05) is 37.3 Å². The average Bonchev–Trinajstić information content (AvgIpc) is 3.24. The molecule has 1 N–H and O–H groups in total. The minimum atomic E-state index is 0.261. The Balaban J connectivity index is 1.84. The van der Waals surface area contributed by atoms with Gasteiger partial charge in [-0.05, 0) is 67.8 Å². The highest BCUT2D eigenvalue weighted by molar-refractivity contribution is 5.77. The number of aromatic nitrogens is 1. The molecule has 138 valence electrons. The summed E-state index contributed by atoms with van der Waals surface area (Å²) in [6.45, 7) is 4.71. The lowest BCUT2D eigenvalue weighted by molar-refractivity contribution is 0.341. The number of para-hydroxylation sites is 1. The van der Waals surface area contributed by atoms with Crippen LogP contribution in [0.4, 0.5) is 5.82 Å². The summed E-state index contributed by atoms with van der Waals surface area (Å²) in [6, 6.07) is 19.6. The summed E-state index contributed by atoms with van der Waals surface area (Å²) in [5, 5.41) is 9.61. The van der Waals surface area contributed by atoms with Gasteiger partial charge in [0.15, 0.2) is 0 Å². The average molecular weight is 360 g/mol. The summed E-state index contributed by atoms with van der Waals surface area (Å²) in [5.41, 5.74) is 4.06. The van der Waals surface area contributed by atoms with Crippen LogP contribution < -0.4 is 9.64 Å². The first-order valence-electron chi connectivity index (χ1n) is 9.53. The van der Waals surface area contributed by atoms with Crippen LogP contribution in [0.3, 0.4) is 0 Å². The minimum Gasteiger partial charge on any atom is -0.508 e. The van der Waals surface area contributed by atoms with Gasteiger partial charge in [-0.25, -0.2) is 4.98 Å². The van der Waals surface area contributed by atoms with E-state index in [0.29, 0.717) is 6.61 Å². The number of aromatic hydroxyl groups is 1. The van der Waals surface area contributed by atoms with E-state index < -0.39 is 0 Å². The third-order valence-electron chi connectivity index (χ3n) is 4.90. The lowest BCUT2D eigenvalue weighted by Gasteiger charge is -2.19. The molecule has 1 aliphatic heterocycles. The second-order valence-electron chi connectivity index (χ2n) is 6.77. The third-order valence-corrected chi connectivity index (χ3v) is 4.90. The molecule has 1 aliphatic rings. The summed E-state index contributed by atoms with van der Waals surface area (Å²) >= 11 is 0. The van der Waals surface area contributed by atoms with Gasteiger partial charge >= 0.3 is 0 Å². The maximum absolute atomic E-state index is 9.61. The first kappa shape index (κ1) is 17.4. The SMILES string of the molecule is CCOc1ccccc1-c1cc(-c2ccc(O)cc2)nc(N2CCCC2)c1. The summed E-state index contributed by atoms with van der Waals surface area (Å²) in [5.74, 6) is 2.14. The van der Waals surface area contributed by atoms with Gasteiger partial charge in [-0.3, -0.25) is 0 Å². The number of phenols is 1. The number of benzene rings is 2. The normalized spacial score (nSPS) is 13.7. The van der Waals surface area contributed by atoms with Gasteiger partial charge in [0.2, 0.25) is 0 Å². The Morgan fingerprint density at radius 3 is 2.44 bits per heavy atom. The zero-order valence-corrected chi connectivity index (χ0v) is 15.6. The van der Waals surface area contributed by atoms with Crippen molar-refractivity contribution in [2.75, 3.05) is 24.6 Å². The van der Waals surface area contributed by atoms with Crippen molar-refractivity contribution < 1.29 is 9.84 Å². The molecule has 0 radical (unpaired) electrons. The Morgan fingerprint density at radius 2 is 1.70 bits per heavy atom. The molecule has 0 bridgehead atoms. The monoisotopic (exact) mass is 360 g/mol. The highest BCUT2D eigenvalue weighted by atomic mass is 16.5. The fourth-order valence-electron chi connectivity index (χ4n) is 3.55. The van der Waals surface area contributed by atoms with Gasteiger partial charge < -0.3 is 14.7 Å². The number of hydrogen-bond acceptors (Lipinski definition) is 4. The number of rotatable bonds is 5. The van der Waals surface area contributed by atoms with Gasteiger partial charge in [-0.15, -0.1) is 0 Å². The molecule has 2 aromatic carbocycles. The Kier molecular flexibility index (Phi) is 4.97. The maximum Gasteiger partial charge on any atom is 0.129 e. The molecule has 0 atom stereocenters. The molecular weight excluding hydrogens is 336 g/mol. The van der Waals surface area contributed by atoms with Crippen LogP contribution in [0.1, 0.15) is 19.8 Å². The Morgan fingerprint density at radius 1 is 0.963 bits per heavy atom. The van der Waals surface area contributed by atoms with Crippen molar-refractivity contribution in [2.24, 2.45) is 0 Å². The van der Waals surface area contributed by atoms with E-state index in [0.717, 1.165) is 47.0 Å². The van der Waals surface area contributed by atoms with E-state index in [9.17, 15) is 5.11 Å². The van der Waals surface area contributed by atoms with Crippen LogP contribution in [0, 0.1) is 0 Å². The van der Waals surface area contributed by atoms with Crippen LogP contribution in [0.15, 0.2) is 60.7 Å². The first-order chi connectivity index (χ1) is 13.2. The van der Waals surface area contributed by atoms with Crippen molar-refractivity contribution in [1.29, 1.82) is 0 Å². The van der Waals surface area contributed by atoms with Gasteiger partial charge in [0.1, 0.15) is 17.3 Å². The van der Waals surface area contributed by atoms with Crippen molar-refractivity contribution in [2.45, 2.75) is 19.8 Å². The summed E-state index contributed by atoms with van der Waals surface area (Å²) in [7, 11) is 0. The number of phenolic OH excluding ortho intramolecular Hbond substituents is 1. The van der Waals surface area contributed by atoms with E-state index in [1.165, 1.54) is 12.8 Å². The molecule has 1 fully saturated rings. The molecule has 1 saturated heterocycles. The number of anilines is 1. The molecule has 0 unspecified atom stereocenters. The van der Waals surface area contributed by atoms with Crippen LogP contribution in [0.2, 0.25) is 0 Å². The van der Waals surface area contributed by atoms with Crippen LogP contribution in [-0.4, -0.2) is 29.8 Å². The first-order valence-corrected chi connectivity index (χ1v) is 9.53. The Hall–Kier alpha value is -3.01. The van der Waals surface area contributed by atoms with Crippen LogP contribution in [0.5, 0.6) is 11.5 Å². The molecule has 0 amide bonds. The van der Waals surface area contributed by atoms with Gasteiger partial charge in [0, 0.05) is 24.2 Å². The van der Waals surface area contributed by atoms with E-state index in [4.69, 9.17) is 9.72 Å². The quantitative estimate of drug-likeness (QED) is 0.686. The van der Waals surface area contributed by atoms with E-state index in [-0.39, 0.29) is 5.75 Å². The molecule has 2 heterocycles. The molecule has 0 aliphatic carbocycles. The van der Waals surface area contributed by atoms with Crippen LogP contribution >= 0.6 is 0 Å². The van der Waals surface area contributed by atoms with E-state index >= 15 is 0 Å². The summed E-state index contributed by atoms with van der Waals surface area (Å²) in [4.78, 5) is 7.26. The molecule has 3 aromatic rings. The van der Waals surface area contributed by atoms with Crippen molar-refractivity contribution in [3.05, 3.63) is 60.7 Å². The Labute approximate surface area is 160 Å². The fraction of sp³-hybridized carbons (Fsp3) is 0.261. The molecular formula is C23H24N2O2. The fourth-order valence-corrected chi connectivity index (χ4v) is 3.55. The maximum atomic E-state index is 9.61. The Bertz CT molecular complexity index is 916. The lowest BCUT2D eigenvalue weighted by atomic mass is 10.0. The number of nitrogens with zero attached hydrogens (tertiary/aromatic N) is 2. The van der Waals surface area contributed by atoms with Crippen molar-refractivity contribution in [3.63, 3.8) is 0 Å². The van der Waals surface area contributed by atoms with Crippen molar-refractivity contribution in [3.8, 4) is 33.9 Å². The topological polar surface area (TPSA) is 45.6 Å². The highest BCUT2D eigenvalue weighted by Crippen LogP contribution is 2.35. The molecule has 4 heteroatoms. The van der Waals surface area contributed by atoms with Gasteiger partial charge in [0.05, 0.1) is 12.3 Å². The predicted octanol–water partition coefficient (Wildman–Crippen LogP) is 5.12. The second kappa shape index (κ2) is 7.70. The number of ether oxygens (including phenoxy) is 1. The van der Waals surface area contributed by atoms with Gasteiger partial charge in [-0.1, -0.05) is 18.2 Å². The number of hydrogen-bond donors (Lipinski definition) is 1. The van der Waals surface area contributed by atoms with Gasteiger partial charge in [-0.2, -0.15) is 0 Å². The molecule has 4 nitrogen and oxygen atoms in total. The molecule has 1 aromatic heterocycles. The molecule has 0 spiro atoms. The molecule has 0 saturated carbocycles. The van der Waals surface area contributed by atoms with Gasteiger partial charge in [0.25, 0.3) is 0 Å². The zero-order chi connectivity index (χ0) is 18.6. The van der Waals surface area contributed by atoms with Crippen molar-refractivity contribution >= 4 is 5.82 Å². The summed E-state index contributed by atoms with van der Waals surface area (Å²) in [6.07, 6.45) is 2.41. The second-order valence-corrected chi connectivity index (χ2v) is 6.77. The third kappa shape index (κ3) is 3.75. The predicted molar refractivity (Wildman–Crippen MR) is 109 cm³/mol. The van der Waals surface area contributed by atoms with E-state index in [1.54, 1.807) is 12.1 Å². The largest absolute Gasteiger partial charge is 0.508 e.